The first-order valence-corrected chi connectivity index (χ1v) is 7.32. The van der Waals surface area contributed by atoms with Crippen molar-refractivity contribution in [3.05, 3.63) is 28.2 Å². The number of hydrogen-bond donors (Lipinski definition) is 0. The average Bonchev–Trinajstić information content (AvgIpc) is 2.75. The van der Waals surface area contributed by atoms with Crippen LogP contribution in [0.4, 0.5) is 4.39 Å². The highest BCUT2D eigenvalue weighted by Crippen LogP contribution is 2.27. The highest BCUT2D eigenvalue weighted by atomic mass is 79.9. The Morgan fingerprint density at radius 3 is 2.75 bits per heavy atom. The zero-order valence-electron chi connectivity index (χ0n) is 11.3. The molecule has 2 rings (SSSR count). The van der Waals surface area contributed by atoms with Crippen LogP contribution in [0, 0.1) is 5.82 Å². The number of imidazole rings is 1. The molecule has 20 heavy (non-hydrogen) atoms. The number of amides is 1. The second-order valence-electron chi connectivity index (χ2n) is 4.70. The fourth-order valence-electron chi connectivity index (χ4n) is 2.15. The monoisotopic (exact) mass is 361 g/mol. The Morgan fingerprint density at radius 2 is 2.20 bits per heavy atom. The zero-order chi connectivity index (χ0) is 15.0. The first-order chi connectivity index (χ1) is 9.36. The van der Waals surface area contributed by atoms with Gasteiger partial charge in [-0.25, -0.2) is 9.37 Å². The lowest BCUT2D eigenvalue weighted by atomic mass is 10.2. The number of fused-ring (bicyclic) bond motifs is 1. The van der Waals surface area contributed by atoms with E-state index >= 15 is 0 Å². The van der Waals surface area contributed by atoms with Crippen molar-refractivity contribution in [1.82, 2.24) is 14.5 Å². The summed E-state index contributed by atoms with van der Waals surface area (Å²) in [6.07, 6.45) is 0. The molecule has 7 heteroatoms. The minimum Gasteiger partial charge on any atom is -0.347 e. The molecule has 4 nitrogen and oxygen atoms in total. The third kappa shape index (κ3) is 2.54. The minimum absolute atomic E-state index is 0.0982. The van der Waals surface area contributed by atoms with Crippen molar-refractivity contribution in [3.8, 4) is 0 Å². The smallest absolute Gasteiger partial charge is 0.244 e. The van der Waals surface area contributed by atoms with Crippen LogP contribution in [0.2, 0.25) is 0 Å². The van der Waals surface area contributed by atoms with Crippen LogP contribution in [0.5, 0.6) is 0 Å². The van der Waals surface area contributed by atoms with Gasteiger partial charge >= 0.3 is 0 Å². The Bertz CT molecular complexity index is 671. The van der Waals surface area contributed by atoms with Crippen LogP contribution >= 0.6 is 27.5 Å². The number of likely N-dealkylation sites (N-methyl/N-ethyl adjacent to an activating group) is 1. The third-order valence-electron chi connectivity index (χ3n) is 3.11. The van der Waals surface area contributed by atoms with Gasteiger partial charge in [-0.1, -0.05) is 0 Å². The SMILES string of the molecule is CC(C(=O)N(C)C)n1c(CCl)nc2cc(Br)c(F)cc21. The van der Waals surface area contributed by atoms with Gasteiger partial charge < -0.3 is 9.47 Å². The summed E-state index contributed by atoms with van der Waals surface area (Å²) in [5, 5.41) is 0. The van der Waals surface area contributed by atoms with Crippen LogP contribution < -0.4 is 0 Å². The zero-order valence-corrected chi connectivity index (χ0v) is 13.7. The van der Waals surface area contributed by atoms with Gasteiger partial charge in [0.2, 0.25) is 5.91 Å². The fourth-order valence-corrected chi connectivity index (χ4v) is 2.67. The maximum absolute atomic E-state index is 13.7. The summed E-state index contributed by atoms with van der Waals surface area (Å²) >= 11 is 9.03. The van der Waals surface area contributed by atoms with E-state index in [1.165, 1.54) is 11.0 Å². The molecular formula is C13H14BrClFN3O. The molecule has 0 aliphatic carbocycles. The lowest BCUT2D eigenvalue weighted by Crippen LogP contribution is -2.30. The van der Waals surface area contributed by atoms with Crippen molar-refractivity contribution in [2.45, 2.75) is 18.8 Å². The lowest BCUT2D eigenvalue weighted by Gasteiger charge is -2.20. The number of halogens is 3. The molecule has 0 aliphatic rings. The molecule has 1 amide bonds. The van der Waals surface area contributed by atoms with Crippen molar-refractivity contribution < 1.29 is 9.18 Å². The molecule has 0 fully saturated rings. The van der Waals surface area contributed by atoms with E-state index in [9.17, 15) is 9.18 Å². The van der Waals surface area contributed by atoms with Gasteiger partial charge in [0.25, 0.3) is 0 Å². The summed E-state index contributed by atoms with van der Waals surface area (Å²) in [5.74, 6) is 0.198. The largest absolute Gasteiger partial charge is 0.347 e. The minimum atomic E-state index is -0.496. The van der Waals surface area contributed by atoms with Gasteiger partial charge in [0.15, 0.2) is 0 Å². The number of rotatable bonds is 3. The molecule has 2 aromatic rings. The molecular weight excluding hydrogens is 349 g/mol. The topological polar surface area (TPSA) is 38.1 Å². The predicted octanol–water partition coefficient (Wildman–Crippen LogP) is 3.33. The lowest BCUT2D eigenvalue weighted by molar-refractivity contribution is -0.131. The number of alkyl halides is 1. The Kier molecular flexibility index (Phi) is 4.34. The van der Waals surface area contributed by atoms with Gasteiger partial charge in [0, 0.05) is 20.2 Å². The van der Waals surface area contributed by atoms with Crippen molar-refractivity contribution >= 4 is 44.5 Å². The summed E-state index contributed by atoms with van der Waals surface area (Å²) < 4.78 is 15.8. The summed E-state index contributed by atoms with van der Waals surface area (Å²) in [7, 11) is 3.35. The summed E-state index contributed by atoms with van der Waals surface area (Å²) in [5.41, 5.74) is 1.16. The van der Waals surface area contributed by atoms with Crippen LogP contribution in [0.1, 0.15) is 18.8 Å². The van der Waals surface area contributed by atoms with Crippen LogP contribution in [0.15, 0.2) is 16.6 Å². The fraction of sp³-hybridized carbons (Fsp3) is 0.385. The summed E-state index contributed by atoms with van der Waals surface area (Å²) in [6, 6.07) is 2.45. The molecule has 1 atom stereocenters. The van der Waals surface area contributed by atoms with Crippen LogP contribution in [-0.4, -0.2) is 34.5 Å². The summed E-state index contributed by atoms with van der Waals surface area (Å²) in [6.45, 7) is 1.75. The van der Waals surface area contributed by atoms with E-state index in [0.717, 1.165) is 0 Å². The van der Waals surface area contributed by atoms with Gasteiger partial charge in [-0.15, -0.1) is 11.6 Å². The summed E-state index contributed by atoms with van der Waals surface area (Å²) in [4.78, 5) is 18.0. The number of nitrogens with zero attached hydrogens (tertiary/aromatic N) is 3. The average molecular weight is 363 g/mol. The van der Waals surface area contributed by atoms with Gasteiger partial charge in [-0.05, 0) is 28.9 Å². The molecule has 0 bridgehead atoms. The maximum Gasteiger partial charge on any atom is 0.244 e. The highest BCUT2D eigenvalue weighted by Gasteiger charge is 2.23. The predicted molar refractivity (Wildman–Crippen MR) is 80.4 cm³/mol. The quantitative estimate of drug-likeness (QED) is 0.786. The van der Waals surface area contributed by atoms with Gasteiger partial charge in [-0.3, -0.25) is 4.79 Å². The second kappa shape index (κ2) is 5.69. The van der Waals surface area contributed by atoms with E-state index in [-0.39, 0.29) is 11.8 Å². The molecule has 0 saturated carbocycles. The van der Waals surface area contributed by atoms with Crippen molar-refractivity contribution in [3.63, 3.8) is 0 Å². The van der Waals surface area contributed by atoms with Gasteiger partial charge in [-0.2, -0.15) is 0 Å². The number of carbonyl (C=O) groups is 1. The maximum atomic E-state index is 13.7. The standard InChI is InChI=1S/C13H14BrClFN3O/c1-7(13(20)18(2)3)19-11-5-9(16)8(14)4-10(11)17-12(19)6-15/h4-5,7H,6H2,1-3H3. The second-order valence-corrected chi connectivity index (χ2v) is 5.82. The number of carbonyl (C=O) groups excluding carboxylic acids is 1. The first kappa shape index (κ1) is 15.3. The van der Waals surface area contributed by atoms with E-state index < -0.39 is 11.9 Å². The number of aromatic nitrogens is 2. The Morgan fingerprint density at radius 1 is 1.55 bits per heavy atom. The molecule has 0 aliphatic heterocycles. The van der Waals surface area contributed by atoms with E-state index in [4.69, 9.17) is 11.6 Å². The highest BCUT2D eigenvalue weighted by molar-refractivity contribution is 9.10. The van der Waals surface area contributed by atoms with E-state index in [2.05, 4.69) is 20.9 Å². The van der Waals surface area contributed by atoms with Crippen molar-refractivity contribution in [2.24, 2.45) is 0 Å². The third-order valence-corrected chi connectivity index (χ3v) is 3.96. The van der Waals surface area contributed by atoms with E-state index in [1.54, 1.807) is 31.7 Å². The normalized spacial score (nSPS) is 12.7. The van der Waals surface area contributed by atoms with Gasteiger partial charge in [0.1, 0.15) is 17.7 Å². The number of benzene rings is 1. The molecule has 1 aromatic carbocycles. The molecule has 1 unspecified atom stereocenters. The Labute approximate surface area is 129 Å². The van der Waals surface area contributed by atoms with Crippen molar-refractivity contribution in [1.29, 1.82) is 0 Å². The molecule has 1 heterocycles. The van der Waals surface area contributed by atoms with Crippen LogP contribution in [0.3, 0.4) is 0 Å². The molecule has 1 aromatic heterocycles. The molecule has 0 saturated heterocycles. The molecule has 0 radical (unpaired) electrons. The van der Waals surface area contributed by atoms with Crippen LogP contribution in [0.25, 0.3) is 11.0 Å². The Balaban J connectivity index is 2.67. The molecule has 0 N–H and O–H groups in total. The molecule has 108 valence electrons. The first-order valence-electron chi connectivity index (χ1n) is 5.99. The van der Waals surface area contributed by atoms with Crippen LogP contribution in [-0.2, 0) is 10.7 Å². The Hall–Kier alpha value is -1.14. The number of hydrogen-bond acceptors (Lipinski definition) is 2. The molecule has 0 spiro atoms. The van der Waals surface area contributed by atoms with E-state index in [0.29, 0.717) is 21.3 Å². The van der Waals surface area contributed by atoms with Gasteiger partial charge in [0.05, 0.1) is 21.4 Å². The van der Waals surface area contributed by atoms with Crippen molar-refractivity contribution in [2.75, 3.05) is 14.1 Å². The van der Waals surface area contributed by atoms with E-state index in [1.807, 2.05) is 0 Å².